The summed E-state index contributed by atoms with van der Waals surface area (Å²) in [6.07, 6.45) is 1.46. The van der Waals surface area contributed by atoms with Crippen molar-refractivity contribution in [3.63, 3.8) is 0 Å². The molecule has 5 nitrogen and oxygen atoms in total. The highest BCUT2D eigenvalue weighted by Gasteiger charge is 2.29. The van der Waals surface area contributed by atoms with Crippen molar-refractivity contribution in [2.24, 2.45) is 9.98 Å². The van der Waals surface area contributed by atoms with E-state index >= 15 is 0 Å². The fourth-order valence-electron chi connectivity index (χ4n) is 5.52. The Labute approximate surface area is 246 Å². The van der Waals surface area contributed by atoms with E-state index in [9.17, 15) is 0 Å². The summed E-state index contributed by atoms with van der Waals surface area (Å²) in [6, 6.07) is 50.1. The molecule has 0 saturated carbocycles. The number of aliphatic imine (C=N–C) groups is 2. The molecule has 204 valence electrons. The monoisotopic (exact) mass is 545 g/mol. The minimum atomic E-state index is -0.283. The van der Waals surface area contributed by atoms with E-state index in [0.29, 0.717) is 0 Å². The first kappa shape index (κ1) is 25.7. The van der Waals surface area contributed by atoms with E-state index in [1.807, 2.05) is 36.4 Å². The topological polar surface area (TPSA) is 60.8 Å². The molecule has 3 N–H and O–H groups in total. The van der Waals surface area contributed by atoms with E-state index in [-0.39, 0.29) is 18.5 Å². The molecular formula is C37H31N5. The van der Waals surface area contributed by atoms with Gasteiger partial charge in [-0.3, -0.25) is 10.3 Å². The van der Waals surface area contributed by atoms with Gasteiger partial charge < -0.3 is 10.6 Å². The number of amidine groups is 1. The molecule has 3 unspecified atom stereocenters. The Morgan fingerprint density at radius 2 is 1.00 bits per heavy atom. The van der Waals surface area contributed by atoms with Gasteiger partial charge in [-0.05, 0) is 28.3 Å². The van der Waals surface area contributed by atoms with Crippen molar-refractivity contribution >= 4 is 17.2 Å². The van der Waals surface area contributed by atoms with E-state index in [2.05, 4.69) is 131 Å². The summed E-state index contributed by atoms with van der Waals surface area (Å²) in [4.78, 5) is 10.3. The third kappa shape index (κ3) is 5.38. The van der Waals surface area contributed by atoms with E-state index in [0.717, 1.165) is 50.6 Å². The summed E-state index contributed by atoms with van der Waals surface area (Å²) in [5.41, 5.74) is 8.59. The van der Waals surface area contributed by atoms with E-state index in [1.165, 1.54) is 0 Å². The molecule has 0 fully saturated rings. The van der Waals surface area contributed by atoms with Crippen molar-refractivity contribution in [2.45, 2.75) is 18.5 Å². The minimum Gasteiger partial charge on any atom is -0.359 e. The highest BCUT2D eigenvalue weighted by molar-refractivity contribution is 6.13. The molecule has 0 amide bonds. The number of hydrogen-bond acceptors (Lipinski definition) is 5. The number of benzene rings is 5. The maximum absolute atomic E-state index is 5.25. The molecule has 3 atom stereocenters. The number of hydrogen-bond donors (Lipinski definition) is 3. The molecule has 0 saturated heterocycles. The lowest BCUT2D eigenvalue weighted by Crippen LogP contribution is -2.45. The molecule has 0 aliphatic carbocycles. The average molecular weight is 546 g/mol. The number of nitrogens with one attached hydrogen (secondary N) is 3. The van der Waals surface area contributed by atoms with Gasteiger partial charge in [-0.15, -0.1) is 0 Å². The third-order valence-electron chi connectivity index (χ3n) is 7.62. The normalized spacial score (nSPS) is 19.9. The van der Waals surface area contributed by atoms with Gasteiger partial charge in [0.2, 0.25) is 0 Å². The van der Waals surface area contributed by atoms with Crippen LogP contribution in [0.3, 0.4) is 0 Å². The summed E-state index contributed by atoms with van der Waals surface area (Å²) in [7, 11) is 0. The Balaban J connectivity index is 1.30. The Morgan fingerprint density at radius 1 is 0.452 bits per heavy atom. The number of nitrogens with zero attached hydrogens (tertiary/aromatic N) is 2. The second-order valence-electron chi connectivity index (χ2n) is 10.4. The first-order valence-corrected chi connectivity index (χ1v) is 14.3. The van der Waals surface area contributed by atoms with Crippen LogP contribution in [-0.2, 0) is 0 Å². The molecule has 42 heavy (non-hydrogen) atoms. The van der Waals surface area contributed by atoms with Crippen LogP contribution in [0.5, 0.6) is 0 Å². The second-order valence-corrected chi connectivity index (χ2v) is 10.4. The molecule has 2 heterocycles. The zero-order valence-corrected chi connectivity index (χ0v) is 23.1. The molecule has 2 aliphatic rings. The average Bonchev–Trinajstić information content (AvgIpc) is 3.09. The van der Waals surface area contributed by atoms with Crippen molar-refractivity contribution in [3.05, 3.63) is 185 Å². The summed E-state index contributed by atoms with van der Waals surface area (Å²) < 4.78 is 0. The zero-order chi connectivity index (χ0) is 28.1. The lowest BCUT2D eigenvalue weighted by atomic mass is 9.97. The van der Waals surface area contributed by atoms with Gasteiger partial charge in [-0.25, -0.2) is 4.99 Å². The maximum atomic E-state index is 5.25. The molecule has 5 aromatic carbocycles. The van der Waals surface area contributed by atoms with Crippen LogP contribution >= 0.6 is 0 Å². The van der Waals surface area contributed by atoms with Gasteiger partial charge in [0.05, 0.1) is 5.71 Å². The summed E-state index contributed by atoms with van der Waals surface area (Å²) in [6.45, 7) is 0. The minimum absolute atomic E-state index is 0.192. The van der Waals surface area contributed by atoms with Gasteiger partial charge in [0, 0.05) is 16.8 Å². The molecular weight excluding hydrogens is 514 g/mol. The molecule has 0 aromatic heterocycles. The van der Waals surface area contributed by atoms with Crippen LogP contribution in [0.25, 0.3) is 5.70 Å². The first-order chi connectivity index (χ1) is 20.8. The van der Waals surface area contributed by atoms with E-state index < -0.39 is 0 Å². The van der Waals surface area contributed by atoms with Crippen LogP contribution in [0.4, 0.5) is 0 Å². The van der Waals surface area contributed by atoms with Crippen molar-refractivity contribution < 1.29 is 0 Å². The predicted molar refractivity (Wildman–Crippen MR) is 171 cm³/mol. The van der Waals surface area contributed by atoms with Gasteiger partial charge in [-0.1, -0.05) is 146 Å². The lowest BCUT2D eigenvalue weighted by molar-refractivity contribution is 0.404. The Morgan fingerprint density at radius 3 is 1.67 bits per heavy atom. The van der Waals surface area contributed by atoms with E-state index in [1.54, 1.807) is 0 Å². The van der Waals surface area contributed by atoms with Gasteiger partial charge in [0.25, 0.3) is 0 Å². The standard InChI is InChI=1S/C37H31N5/c1-5-15-26(16-6-1)32-25-33(27-17-7-2-8-18-27)39-36(38-32)30-23-13-14-24-31(30)37-41-34(28-19-9-3-10-20-28)40-35(42-37)29-21-11-4-12-22-29/h1-25,34,36-38,41H,(H,40,42). The van der Waals surface area contributed by atoms with Crippen LogP contribution in [0.1, 0.15) is 51.9 Å². The summed E-state index contributed by atoms with van der Waals surface area (Å²) in [5, 5.41) is 11.2. The molecule has 0 spiro atoms. The fourth-order valence-corrected chi connectivity index (χ4v) is 5.52. The highest BCUT2D eigenvalue weighted by Crippen LogP contribution is 2.33. The van der Waals surface area contributed by atoms with Crippen LogP contribution in [0, 0.1) is 0 Å². The highest BCUT2D eigenvalue weighted by atomic mass is 15.3. The third-order valence-corrected chi connectivity index (χ3v) is 7.62. The van der Waals surface area contributed by atoms with Crippen molar-refractivity contribution in [1.82, 2.24) is 16.0 Å². The first-order valence-electron chi connectivity index (χ1n) is 14.3. The van der Waals surface area contributed by atoms with Crippen molar-refractivity contribution in [2.75, 3.05) is 0 Å². The zero-order valence-electron chi connectivity index (χ0n) is 23.1. The summed E-state index contributed by atoms with van der Waals surface area (Å²) >= 11 is 0. The largest absolute Gasteiger partial charge is 0.359 e. The quantitative estimate of drug-likeness (QED) is 0.212. The van der Waals surface area contributed by atoms with E-state index in [4.69, 9.17) is 9.98 Å². The maximum Gasteiger partial charge on any atom is 0.145 e. The lowest BCUT2D eigenvalue weighted by Gasteiger charge is -2.34. The van der Waals surface area contributed by atoms with Gasteiger partial charge in [0.1, 0.15) is 24.3 Å². The Kier molecular flexibility index (Phi) is 7.15. The SMILES string of the molecule is C1=C(c2ccccc2)NC(c2ccccc2C2NC(c3ccccc3)=NC(c3ccccc3)N2)N=C1c1ccccc1. The number of allylic oxidation sites excluding steroid dienone is 1. The van der Waals surface area contributed by atoms with Gasteiger partial charge in [0.15, 0.2) is 0 Å². The fraction of sp³-hybridized carbons (Fsp3) is 0.0811. The van der Waals surface area contributed by atoms with Crippen LogP contribution < -0.4 is 16.0 Å². The Hall–Kier alpha value is -5.26. The van der Waals surface area contributed by atoms with Crippen LogP contribution in [0.2, 0.25) is 0 Å². The molecule has 7 rings (SSSR count). The smallest absolute Gasteiger partial charge is 0.145 e. The molecule has 0 radical (unpaired) electrons. The van der Waals surface area contributed by atoms with Crippen LogP contribution in [-0.4, -0.2) is 11.5 Å². The van der Waals surface area contributed by atoms with Gasteiger partial charge >= 0.3 is 0 Å². The predicted octanol–water partition coefficient (Wildman–Crippen LogP) is 7.16. The van der Waals surface area contributed by atoms with Crippen LogP contribution in [0.15, 0.2) is 162 Å². The van der Waals surface area contributed by atoms with Gasteiger partial charge in [-0.2, -0.15) is 0 Å². The second kappa shape index (κ2) is 11.7. The Bertz CT molecular complexity index is 1750. The molecule has 2 aliphatic heterocycles. The summed E-state index contributed by atoms with van der Waals surface area (Å²) in [5.74, 6) is 0.859. The molecule has 5 aromatic rings. The van der Waals surface area contributed by atoms with Crippen molar-refractivity contribution in [1.29, 1.82) is 0 Å². The number of rotatable bonds is 6. The molecule has 0 bridgehead atoms. The molecule has 5 heteroatoms. The van der Waals surface area contributed by atoms with Crippen molar-refractivity contribution in [3.8, 4) is 0 Å².